The minimum Gasteiger partial charge on any atom is -0.370 e. The van der Waals surface area contributed by atoms with Crippen molar-refractivity contribution in [3.63, 3.8) is 0 Å². The highest BCUT2D eigenvalue weighted by Crippen LogP contribution is 2.34. The van der Waals surface area contributed by atoms with E-state index in [-0.39, 0.29) is 12.2 Å². The van der Waals surface area contributed by atoms with Gasteiger partial charge in [0.25, 0.3) is 0 Å². The van der Waals surface area contributed by atoms with Gasteiger partial charge in [0.1, 0.15) is 0 Å². The van der Waals surface area contributed by atoms with Crippen molar-refractivity contribution in [1.82, 2.24) is 0 Å². The molecule has 0 heterocycles. The Morgan fingerprint density at radius 2 is 1.67 bits per heavy atom. The summed E-state index contributed by atoms with van der Waals surface area (Å²) in [6.45, 7) is 3.97. The fourth-order valence-electron chi connectivity index (χ4n) is 2.82. The molecular formula is C20H22O3S. The van der Waals surface area contributed by atoms with Gasteiger partial charge in [0.15, 0.2) is 9.84 Å². The van der Waals surface area contributed by atoms with Gasteiger partial charge in [-0.2, -0.15) is 0 Å². The van der Waals surface area contributed by atoms with Gasteiger partial charge >= 0.3 is 0 Å². The average Bonchev–Trinajstić information content (AvgIpc) is 2.54. The Labute approximate surface area is 143 Å². The van der Waals surface area contributed by atoms with Crippen molar-refractivity contribution in [1.29, 1.82) is 0 Å². The van der Waals surface area contributed by atoms with Crippen LogP contribution in [0.5, 0.6) is 0 Å². The van der Waals surface area contributed by atoms with E-state index < -0.39 is 9.84 Å². The number of hydrogen-bond acceptors (Lipinski definition) is 3. The van der Waals surface area contributed by atoms with Gasteiger partial charge in [0.05, 0.1) is 17.1 Å². The van der Waals surface area contributed by atoms with Crippen LogP contribution >= 0.6 is 0 Å². The lowest BCUT2D eigenvalue weighted by Crippen LogP contribution is -2.26. The lowest BCUT2D eigenvalue weighted by atomic mass is 9.90. The molecule has 0 aromatic heterocycles. The minimum atomic E-state index is -3.36. The van der Waals surface area contributed by atoms with E-state index in [0.29, 0.717) is 17.7 Å². The molecule has 1 saturated carbocycles. The highest BCUT2D eigenvalue weighted by Gasteiger charge is 2.28. The van der Waals surface area contributed by atoms with Crippen LogP contribution < -0.4 is 0 Å². The zero-order chi connectivity index (χ0) is 17.2. The summed E-state index contributed by atoms with van der Waals surface area (Å²) in [4.78, 5) is 0.350. The minimum absolute atomic E-state index is 0.0199. The van der Waals surface area contributed by atoms with Crippen LogP contribution in [0.25, 0.3) is 0 Å². The summed E-state index contributed by atoms with van der Waals surface area (Å²) in [6, 6.07) is 17.0. The zero-order valence-corrected chi connectivity index (χ0v) is 14.8. The Morgan fingerprint density at radius 1 is 1.04 bits per heavy atom. The van der Waals surface area contributed by atoms with Crippen molar-refractivity contribution < 1.29 is 13.2 Å². The van der Waals surface area contributed by atoms with Gasteiger partial charge < -0.3 is 4.74 Å². The monoisotopic (exact) mass is 342 g/mol. The molecule has 0 aliphatic heterocycles. The second-order valence-electron chi connectivity index (χ2n) is 6.35. The van der Waals surface area contributed by atoms with Crippen molar-refractivity contribution in [3.8, 4) is 0 Å². The molecule has 4 heteroatoms. The predicted octanol–water partition coefficient (Wildman–Crippen LogP) is 4.59. The number of aryl methyl sites for hydroxylation is 1. The van der Waals surface area contributed by atoms with Crippen LogP contribution in [-0.2, 0) is 14.6 Å². The van der Waals surface area contributed by atoms with E-state index in [2.05, 4.69) is 0 Å². The Morgan fingerprint density at radius 3 is 2.29 bits per heavy atom. The molecule has 1 fully saturated rings. The number of benzene rings is 2. The summed E-state index contributed by atoms with van der Waals surface area (Å²) < 4.78 is 30.8. The maximum atomic E-state index is 12.4. The lowest BCUT2D eigenvalue weighted by Gasteiger charge is -2.32. The first-order valence-corrected chi connectivity index (χ1v) is 9.70. The second kappa shape index (κ2) is 6.91. The molecule has 1 aliphatic rings. The van der Waals surface area contributed by atoms with Crippen LogP contribution in [0.3, 0.4) is 0 Å². The highest BCUT2D eigenvalue weighted by atomic mass is 32.2. The first-order valence-electron chi connectivity index (χ1n) is 8.15. The van der Waals surface area contributed by atoms with Crippen molar-refractivity contribution in [2.75, 3.05) is 0 Å². The topological polar surface area (TPSA) is 43.4 Å². The zero-order valence-electron chi connectivity index (χ0n) is 14.0. The molecule has 0 N–H and O–H groups in total. The Hall–Kier alpha value is -1.91. The second-order valence-corrected chi connectivity index (χ2v) is 8.15. The third-order valence-corrected chi connectivity index (χ3v) is 5.89. The van der Waals surface area contributed by atoms with Gasteiger partial charge in [-0.15, -0.1) is 0 Å². The largest absolute Gasteiger partial charge is 0.370 e. The smallest absolute Gasteiger partial charge is 0.199 e. The van der Waals surface area contributed by atoms with Gasteiger partial charge in [0.2, 0.25) is 0 Å². The van der Waals surface area contributed by atoms with Gasteiger partial charge in [-0.25, -0.2) is 8.42 Å². The van der Waals surface area contributed by atoms with E-state index in [1.54, 1.807) is 12.1 Å². The molecule has 2 aromatic rings. The van der Waals surface area contributed by atoms with E-state index in [0.717, 1.165) is 16.7 Å². The van der Waals surface area contributed by atoms with Crippen LogP contribution in [-0.4, -0.2) is 14.5 Å². The molecule has 0 radical (unpaired) electrons. The maximum absolute atomic E-state index is 12.4. The molecule has 1 aliphatic carbocycles. The molecule has 0 spiro atoms. The van der Waals surface area contributed by atoms with Crippen molar-refractivity contribution in [2.45, 2.75) is 43.8 Å². The van der Waals surface area contributed by atoms with E-state index in [1.807, 2.05) is 56.3 Å². The fraction of sp³-hybridized carbons (Fsp3) is 0.300. The SMILES string of the molecule is Cc1ccc(S(=O)(=O)C=C2CC(OC(C)c3ccccc3)C2)cc1. The summed E-state index contributed by atoms with van der Waals surface area (Å²) >= 11 is 0. The number of sulfone groups is 1. The third kappa shape index (κ3) is 3.94. The quantitative estimate of drug-likeness (QED) is 0.798. The highest BCUT2D eigenvalue weighted by molar-refractivity contribution is 7.94. The number of ether oxygens (including phenoxy) is 1. The van der Waals surface area contributed by atoms with E-state index in [4.69, 9.17) is 4.74 Å². The van der Waals surface area contributed by atoms with Crippen LogP contribution in [0, 0.1) is 6.92 Å². The molecule has 126 valence electrons. The Kier molecular flexibility index (Phi) is 4.88. The van der Waals surface area contributed by atoms with E-state index >= 15 is 0 Å². The van der Waals surface area contributed by atoms with Crippen LogP contribution in [0.15, 0.2) is 70.5 Å². The third-order valence-electron chi connectivity index (χ3n) is 4.32. The van der Waals surface area contributed by atoms with Gasteiger partial charge in [-0.3, -0.25) is 0 Å². The van der Waals surface area contributed by atoms with Crippen LogP contribution in [0.2, 0.25) is 0 Å². The fourth-order valence-corrected chi connectivity index (χ4v) is 4.11. The lowest BCUT2D eigenvalue weighted by molar-refractivity contribution is -0.0235. The standard InChI is InChI=1S/C20H22O3S/c1-15-8-10-20(11-9-15)24(21,22)14-17-12-19(13-17)23-16(2)18-6-4-3-5-7-18/h3-11,14,16,19H,12-13H2,1-2H3. The molecule has 2 aromatic carbocycles. The summed E-state index contributed by atoms with van der Waals surface area (Å²) in [7, 11) is -3.36. The summed E-state index contributed by atoms with van der Waals surface area (Å²) in [5.41, 5.74) is 3.12. The van der Waals surface area contributed by atoms with Gasteiger partial charge in [0, 0.05) is 5.41 Å². The maximum Gasteiger partial charge on any atom is 0.199 e. The molecule has 0 amide bonds. The van der Waals surface area contributed by atoms with E-state index in [9.17, 15) is 8.42 Å². The van der Waals surface area contributed by atoms with E-state index in [1.165, 1.54) is 5.41 Å². The molecule has 0 saturated heterocycles. The van der Waals surface area contributed by atoms with Crippen molar-refractivity contribution in [2.24, 2.45) is 0 Å². The van der Waals surface area contributed by atoms with Gasteiger partial charge in [-0.1, -0.05) is 53.6 Å². The molecule has 24 heavy (non-hydrogen) atoms. The molecule has 3 nitrogen and oxygen atoms in total. The van der Waals surface area contributed by atoms with Crippen molar-refractivity contribution >= 4 is 9.84 Å². The molecular weight excluding hydrogens is 320 g/mol. The molecule has 3 rings (SSSR count). The Bertz CT molecular complexity index is 813. The number of hydrogen-bond donors (Lipinski definition) is 0. The normalized spacial score (nSPS) is 18.8. The van der Waals surface area contributed by atoms with Crippen LogP contribution in [0.1, 0.15) is 37.0 Å². The Balaban J connectivity index is 1.59. The van der Waals surface area contributed by atoms with Crippen molar-refractivity contribution in [3.05, 3.63) is 76.7 Å². The first-order chi connectivity index (χ1) is 11.4. The molecule has 0 bridgehead atoms. The predicted molar refractivity (Wildman–Crippen MR) is 95.4 cm³/mol. The summed E-state index contributed by atoms with van der Waals surface area (Å²) in [6.07, 6.45) is 1.48. The average molecular weight is 342 g/mol. The number of rotatable bonds is 5. The molecule has 1 atom stereocenters. The molecule has 1 unspecified atom stereocenters. The van der Waals surface area contributed by atoms with Gasteiger partial charge in [-0.05, 0) is 44.4 Å². The first kappa shape index (κ1) is 16.9. The summed E-state index contributed by atoms with van der Waals surface area (Å²) in [5.74, 6) is 0. The van der Waals surface area contributed by atoms with Crippen LogP contribution in [0.4, 0.5) is 0 Å². The summed E-state index contributed by atoms with van der Waals surface area (Å²) in [5, 5.41) is 1.41.